The van der Waals surface area contributed by atoms with Crippen LogP contribution in [0.4, 0.5) is 0 Å². The second-order valence-corrected chi connectivity index (χ2v) is 7.94. The molecule has 0 fully saturated rings. The number of rotatable bonds is 8. The predicted molar refractivity (Wildman–Crippen MR) is 114 cm³/mol. The molecule has 2 N–H and O–H groups in total. The molecule has 4 nitrogen and oxygen atoms in total. The third-order valence-electron chi connectivity index (χ3n) is 5.89. The van der Waals surface area contributed by atoms with Crippen LogP contribution in [0.2, 0.25) is 0 Å². The van der Waals surface area contributed by atoms with Gasteiger partial charge in [-0.25, -0.2) is 4.79 Å². The summed E-state index contributed by atoms with van der Waals surface area (Å²) in [5.74, 6) is -0.838. The van der Waals surface area contributed by atoms with Crippen molar-refractivity contribution in [3.63, 3.8) is 0 Å². The minimum absolute atomic E-state index is 0.453. The van der Waals surface area contributed by atoms with E-state index in [0.717, 1.165) is 29.9 Å². The first-order chi connectivity index (χ1) is 13.5. The van der Waals surface area contributed by atoms with Crippen molar-refractivity contribution in [2.24, 2.45) is 0 Å². The van der Waals surface area contributed by atoms with E-state index in [0.29, 0.717) is 18.7 Å². The van der Waals surface area contributed by atoms with E-state index < -0.39 is 5.97 Å². The zero-order valence-electron chi connectivity index (χ0n) is 17.3. The van der Waals surface area contributed by atoms with Crippen molar-refractivity contribution in [2.45, 2.75) is 66.0 Å². The highest BCUT2D eigenvalue weighted by atomic mass is 16.4. The van der Waals surface area contributed by atoms with Crippen LogP contribution in [0.5, 0.6) is 0 Å². The Hall–Kier alpha value is -2.33. The quantitative estimate of drug-likeness (QED) is 0.492. The van der Waals surface area contributed by atoms with Gasteiger partial charge in [-0.3, -0.25) is 0 Å². The number of nitrogens with one attached hydrogen (secondary N) is 1. The van der Waals surface area contributed by atoms with Crippen LogP contribution in [0.25, 0.3) is 0 Å². The van der Waals surface area contributed by atoms with Crippen LogP contribution in [-0.4, -0.2) is 22.2 Å². The molecular weight excluding hydrogens is 348 g/mol. The second-order valence-electron chi connectivity index (χ2n) is 7.94. The smallest absolute Gasteiger partial charge is 0.337 e. The Morgan fingerprint density at radius 3 is 2.50 bits per heavy atom. The van der Waals surface area contributed by atoms with Gasteiger partial charge in [-0.2, -0.15) is 0 Å². The van der Waals surface area contributed by atoms with Gasteiger partial charge in [0.15, 0.2) is 0 Å². The van der Waals surface area contributed by atoms with Gasteiger partial charge in [0.2, 0.25) is 0 Å². The van der Waals surface area contributed by atoms with Gasteiger partial charge in [-0.05, 0) is 65.0 Å². The Morgan fingerprint density at radius 1 is 1.11 bits per heavy atom. The average Bonchev–Trinajstić information content (AvgIpc) is 2.92. The average molecular weight is 381 g/mol. The van der Waals surface area contributed by atoms with Gasteiger partial charge in [0, 0.05) is 30.0 Å². The summed E-state index contributed by atoms with van der Waals surface area (Å²) in [5, 5.41) is 13.3. The second kappa shape index (κ2) is 9.24. The summed E-state index contributed by atoms with van der Waals surface area (Å²) >= 11 is 0. The number of allylic oxidation sites excluding steroid dienone is 1. The van der Waals surface area contributed by atoms with Gasteiger partial charge in [0.25, 0.3) is 0 Å². The summed E-state index contributed by atoms with van der Waals surface area (Å²) in [6.45, 7) is 8.22. The molecule has 4 heteroatoms. The molecular formula is C24H32N2O2. The molecule has 0 unspecified atom stereocenters. The molecule has 150 valence electrons. The molecule has 0 bridgehead atoms. The Morgan fingerprint density at radius 2 is 1.86 bits per heavy atom. The molecule has 0 spiro atoms. The topological polar surface area (TPSA) is 54.3 Å². The highest BCUT2D eigenvalue weighted by Crippen LogP contribution is 2.24. The van der Waals surface area contributed by atoms with Gasteiger partial charge in [0.1, 0.15) is 0 Å². The van der Waals surface area contributed by atoms with E-state index >= 15 is 0 Å². The lowest BCUT2D eigenvalue weighted by molar-refractivity contribution is 0.0694. The molecule has 1 aliphatic carbocycles. The maximum atomic E-state index is 11.9. The van der Waals surface area contributed by atoms with Crippen molar-refractivity contribution >= 4 is 5.97 Å². The largest absolute Gasteiger partial charge is 0.478 e. The molecule has 2 aromatic rings. The summed E-state index contributed by atoms with van der Waals surface area (Å²) in [7, 11) is 0. The predicted octanol–water partition coefficient (Wildman–Crippen LogP) is 5.14. The van der Waals surface area contributed by atoms with Crippen LogP contribution in [0.3, 0.4) is 0 Å². The highest BCUT2D eigenvalue weighted by molar-refractivity contribution is 5.91. The molecule has 3 rings (SSSR count). The van der Waals surface area contributed by atoms with Crippen molar-refractivity contribution in [3.8, 4) is 0 Å². The lowest BCUT2D eigenvalue weighted by Crippen LogP contribution is -2.18. The molecule has 0 aliphatic heterocycles. The monoisotopic (exact) mass is 380 g/mol. The van der Waals surface area contributed by atoms with Crippen molar-refractivity contribution < 1.29 is 9.90 Å². The third kappa shape index (κ3) is 4.74. The summed E-state index contributed by atoms with van der Waals surface area (Å²) in [5.41, 5.74) is 7.20. The SMILES string of the molecule is Cc1ccc(Cn2c(C)c(CNCCC3=CCCCC3)c(C(=O)O)c2C)cc1. The van der Waals surface area contributed by atoms with Gasteiger partial charge in [-0.1, -0.05) is 41.5 Å². The number of carboxylic acids is 1. The van der Waals surface area contributed by atoms with Gasteiger partial charge < -0.3 is 15.0 Å². The molecule has 1 aliphatic rings. The number of hydrogen-bond donors (Lipinski definition) is 2. The number of aromatic carboxylic acids is 1. The zero-order valence-corrected chi connectivity index (χ0v) is 17.3. The number of benzene rings is 1. The van der Waals surface area contributed by atoms with Crippen LogP contribution < -0.4 is 5.32 Å². The standard InChI is InChI=1S/C24H32N2O2/c1-17-9-11-21(12-10-17)16-26-18(2)22(23(19(26)3)24(27)28)15-25-14-13-20-7-5-4-6-8-20/h7,9-12,25H,4-6,8,13-16H2,1-3H3,(H,27,28). The van der Waals surface area contributed by atoms with E-state index in [1.54, 1.807) is 5.57 Å². The van der Waals surface area contributed by atoms with Gasteiger partial charge in [0.05, 0.1) is 5.56 Å². The summed E-state index contributed by atoms with van der Waals surface area (Å²) in [6, 6.07) is 8.43. The minimum Gasteiger partial charge on any atom is -0.478 e. The number of nitrogens with zero attached hydrogens (tertiary/aromatic N) is 1. The van der Waals surface area contributed by atoms with Gasteiger partial charge >= 0.3 is 5.97 Å². The van der Waals surface area contributed by atoms with Gasteiger partial charge in [-0.15, -0.1) is 0 Å². The molecule has 1 aromatic carbocycles. The van der Waals surface area contributed by atoms with Crippen molar-refractivity contribution in [1.82, 2.24) is 9.88 Å². The molecule has 1 heterocycles. The fraction of sp³-hybridized carbons (Fsp3) is 0.458. The fourth-order valence-corrected chi connectivity index (χ4v) is 4.16. The summed E-state index contributed by atoms with van der Waals surface area (Å²) in [6.07, 6.45) is 8.47. The molecule has 0 saturated carbocycles. The first-order valence-corrected chi connectivity index (χ1v) is 10.3. The third-order valence-corrected chi connectivity index (χ3v) is 5.89. The Kier molecular flexibility index (Phi) is 6.74. The normalized spacial score (nSPS) is 14.2. The van der Waals surface area contributed by atoms with E-state index in [1.165, 1.54) is 36.8 Å². The van der Waals surface area contributed by atoms with Crippen molar-refractivity contribution in [1.29, 1.82) is 0 Å². The van der Waals surface area contributed by atoms with Crippen LogP contribution in [0.15, 0.2) is 35.9 Å². The molecule has 1 aromatic heterocycles. The van der Waals surface area contributed by atoms with E-state index in [1.807, 2.05) is 13.8 Å². The number of carboxylic acid groups (broad SMARTS) is 1. The zero-order chi connectivity index (χ0) is 20.1. The Balaban J connectivity index is 1.73. The molecule has 0 atom stereocenters. The first-order valence-electron chi connectivity index (χ1n) is 10.3. The molecule has 0 radical (unpaired) electrons. The molecule has 0 amide bonds. The van der Waals surface area contributed by atoms with E-state index in [-0.39, 0.29) is 0 Å². The van der Waals surface area contributed by atoms with Crippen molar-refractivity contribution in [3.05, 3.63) is 69.6 Å². The summed E-state index contributed by atoms with van der Waals surface area (Å²) in [4.78, 5) is 11.9. The van der Waals surface area contributed by atoms with E-state index in [9.17, 15) is 9.90 Å². The lowest BCUT2D eigenvalue weighted by Gasteiger charge is -2.13. The number of carbonyl (C=O) groups is 1. The number of aromatic nitrogens is 1. The van der Waals surface area contributed by atoms with Crippen molar-refractivity contribution in [2.75, 3.05) is 6.54 Å². The maximum Gasteiger partial charge on any atom is 0.337 e. The Bertz CT molecular complexity index is 860. The van der Waals surface area contributed by atoms with Crippen LogP contribution >= 0.6 is 0 Å². The number of aryl methyl sites for hydroxylation is 1. The van der Waals surface area contributed by atoms with Crippen LogP contribution in [0, 0.1) is 20.8 Å². The Labute approximate surface area is 168 Å². The summed E-state index contributed by atoms with van der Waals surface area (Å²) < 4.78 is 2.13. The number of hydrogen-bond acceptors (Lipinski definition) is 2. The minimum atomic E-state index is -0.838. The van der Waals surface area contributed by atoms with E-state index in [4.69, 9.17) is 0 Å². The lowest BCUT2D eigenvalue weighted by atomic mass is 9.97. The van der Waals surface area contributed by atoms with E-state index in [2.05, 4.69) is 47.1 Å². The van der Waals surface area contributed by atoms with Crippen LogP contribution in [-0.2, 0) is 13.1 Å². The maximum absolute atomic E-state index is 11.9. The first kappa shape index (κ1) is 20.4. The molecule has 28 heavy (non-hydrogen) atoms. The highest BCUT2D eigenvalue weighted by Gasteiger charge is 2.22. The fourth-order valence-electron chi connectivity index (χ4n) is 4.16. The molecule has 0 saturated heterocycles. The van der Waals surface area contributed by atoms with Crippen LogP contribution in [0.1, 0.15) is 70.5 Å².